The summed E-state index contributed by atoms with van der Waals surface area (Å²) < 4.78 is 0. The maximum atomic E-state index is 13.2. The molecular formula is C28H25N3O3. The number of hydrogen-bond donors (Lipinski definition) is 1. The van der Waals surface area contributed by atoms with E-state index in [2.05, 4.69) is 12.1 Å². The van der Waals surface area contributed by atoms with Crippen LogP contribution in [0.25, 0.3) is 22.3 Å². The maximum absolute atomic E-state index is 13.2. The van der Waals surface area contributed by atoms with Crippen LogP contribution in [-0.2, 0) is 24.3 Å². The van der Waals surface area contributed by atoms with E-state index in [4.69, 9.17) is 15.1 Å². The SMILES string of the molecule is O=C(O)CCCCc1nc2cc(C(=O)N3Cc4ccccc4C3)ccc2nc1-c1ccccc1. The fourth-order valence-electron chi connectivity index (χ4n) is 4.45. The number of carbonyl (C=O) groups excluding carboxylic acids is 1. The fraction of sp³-hybridized carbons (Fsp3) is 0.214. The monoisotopic (exact) mass is 451 g/mol. The minimum absolute atomic E-state index is 0.0185. The average Bonchev–Trinajstić information content (AvgIpc) is 3.30. The molecule has 1 aromatic heterocycles. The molecule has 0 saturated carbocycles. The minimum atomic E-state index is -0.792. The molecular weight excluding hydrogens is 426 g/mol. The number of benzene rings is 3. The Morgan fingerprint density at radius 3 is 2.24 bits per heavy atom. The summed E-state index contributed by atoms with van der Waals surface area (Å²) >= 11 is 0. The minimum Gasteiger partial charge on any atom is -0.481 e. The number of rotatable bonds is 7. The standard InChI is InChI=1S/C28H25N3O3/c32-26(33)13-7-6-12-24-27(19-8-2-1-3-9-19)30-23-15-14-20(16-25(23)29-24)28(34)31-17-21-10-4-5-11-22(21)18-31/h1-5,8-11,14-16H,6-7,12-13,17-18H2,(H,32,33). The van der Waals surface area contributed by atoms with Crippen LogP contribution in [0.15, 0.2) is 72.8 Å². The van der Waals surface area contributed by atoms with Crippen molar-refractivity contribution in [2.75, 3.05) is 0 Å². The normalized spacial score (nSPS) is 12.6. The third-order valence-electron chi connectivity index (χ3n) is 6.21. The Bertz CT molecular complexity index is 1340. The lowest BCUT2D eigenvalue weighted by molar-refractivity contribution is -0.137. The van der Waals surface area contributed by atoms with E-state index in [9.17, 15) is 9.59 Å². The van der Waals surface area contributed by atoms with E-state index < -0.39 is 5.97 Å². The Morgan fingerprint density at radius 1 is 0.824 bits per heavy atom. The molecule has 0 saturated heterocycles. The van der Waals surface area contributed by atoms with E-state index in [1.807, 2.05) is 65.6 Å². The maximum Gasteiger partial charge on any atom is 0.303 e. The van der Waals surface area contributed by atoms with Gasteiger partial charge in [-0.2, -0.15) is 0 Å². The molecule has 34 heavy (non-hydrogen) atoms. The average molecular weight is 452 g/mol. The molecule has 6 heteroatoms. The van der Waals surface area contributed by atoms with Crippen molar-refractivity contribution in [3.63, 3.8) is 0 Å². The van der Waals surface area contributed by atoms with Gasteiger partial charge < -0.3 is 10.0 Å². The van der Waals surface area contributed by atoms with E-state index in [-0.39, 0.29) is 12.3 Å². The van der Waals surface area contributed by atoms with Gasteiger partial charge in [-0.15, -0.1) is 0 Å². The van der Waals surface area contributed by atoms with Gasteiger partial charge in [0, 0.05) is 30.6 Å². The Labute approximate surface area is 197 Å². The van der Waals surface area contributed by atoms with Gasteiger partial charge in [0.25, 0.3) is 5.91 Å². The Hall–Kier alpha value is -4.06. The van der Waals surface area contributed by atoms with Crippen LogP contribution in [0.4, 0.5) is 0 Å². The van der Waals surface area contributed by atoms with E-state index >= 15 is 0 Å². The molecule has 0 aliphatic carbocycles. The molecule has 1 amide bonds. The highest BCUT2D eigenvalue weighted by Crippen LogP contribution is 2.27. The number of aryl methyl sites for hydroxylation is 1. The van der Waals surface area contributed by atoms with Gasteiger partial charge >= 0.3 is 5.97 Å². The van der Waals surface area contributed by atoms with Crippen molar-refractivity contribution in [1.82, 2.24) is 14.9 Å². The van der Waals surface area contributed by atoms with Gasteiger partial charge in [0.1, 0.15) is 0 Å². The summed E-state index contributed by atoms with van der Waals surface area (Å²) in [6, 6.07) is 23.5. The van der Waals surface area contributed by atoms with E-state index in [1.54, 1.807) is 0 Å². The number of carbonyl (C=O) groups is 2. The fourth-order valence-corrected chi connectivity index (χ4v) is 4.45. The summed E-state index contributed by atoms with van der Waals surface area (Å²) in [5.74, 6) is -0.810. The molecule has 0 unspecified atom stereocenters. The second kappa shape index (κ2) is 9.43. The van der Waals surface area contributed by atoms with Crippen molar-refractivity contribution in [1.29, 1.82) is 0 Å². The Morgan fingerprint density at radius 2 is 1.53 bits per heavy atom. The molecule has 170 valence electrons. The third kappa shape index (κ3) is 4.53. The lowest BCUT2D eigenvalue weighted by atomic mass is 10.0. The number of nitrogens with zero attached hydrogens (tertiary/aromatic N) is 3. The quantitative estimate of drug-likeness (QED) is 0.388. The molecule has 0 atom stereocenters. The molecule has 0 bridgehead atoms. The summed E-state index contributed by atoms with van der Waals surface area (Å²) in [6.07, 6.45) is 2.05. The summed E-state index contributed by atoms with van der Waals surface area (Å²) in [7, 11) is 0. The van der Waals surface area contributed by atoms with Gasteiger partial charge in [0.15, 0.2) is 0 Å². The van der Waals surface area contributed by atoms with Crippen LogP contribution in [0, 0.1) is 0 Å². The molecule has 0 radical (unpaired) electrons. The van der Waals surface area contributed by atoms with Crippen LogP contribution >= 0.6 is 0 Å². The van der Waals surface area contributed by atoms with Gasteiger partial charge in [0.2, 0.25) is 0 Å². The lowest BCUT2D eigenvalue weighted by Crippen LogP contribution is -2.25. The summed E-state index contributed by atoms with van der Waals surface area (Å²) in [6.45, 7) is 1.22. The van der Waals surface area contributed by atoms with Crippen LogP contribution in [-0.4, -0.2) is 31.9 Å². The van der Waals surface area contributed by atoms with Gasteiger partial charge in [-0.3, -0.25) is 9.59 Å². The van der Waals surface area contributed by atoms with Gasteiger partial charge in [-0.05, 0) is 48.6 Å². The zero-order chi connectivity index (χ0) is 23.5. The van der Waals surface area contributed by atoms with Crippen LogP contribution in [0.5, 0.6) is 0 Å². The largest absolute Gasteiger partial charge is 0.481 e. The summed E-state index contributed by atoms with van der Waals surface area (Å²) in [5.41, 5.74) is 6.98. The van der Waals surface area contributed by atoms with Gasteiger partial charge in [0.05, 0.1) is 22.4 Å². The molecule has 6 nitrogen and oxygen atoms in total. The predicted molar refractivity (Wildman–Crippen MR) is 130 cm³/mol. The number of fused-ring (bicyclic) bond motifs is 2. The number of amides is 1. The highest BCUT2D eigenvalue weighted by molar-refractivity contribution is 5.97. The second-order valence-electron chi connectivity index (χ2n) is 8.62. The molecule has 0 fully saturated rings. The Kier molecular flexibility index (Phi) is 6.04. The van der Waals surface area contributed by atoms with Crippen molar-refractivity contribution in [3.05, 3.63) is 95.2 Å². The second-order valence-corrected chi connectivity index (χ2v) is 8.62. The van der Waals surface area contributed by atoms with Crippen LogP contribution in [0.2, 0.25) is 0 Å². The first-order chi connectivity index (χ1) is 16.6. The molecule has 5 rings (SSSR count). The zero-order valence-corrected chi connectivity index (χ0v) is 18.8. The van der Waals surface area contributed by atoms with Crippen molar-refractivity contribution < 1.29 is 14.7 Å². The molecule has 3 aromatic carbocycles. The van der Waals surface area contributed by atoms with Crippen LogP contribution < -0.4 is 0 Å². The van der Waals surface area contributed by atoms with E-state index in [0.717, 1.165) is 22.5 Å². The number of aromatic nitrogens is 2. The van der Waals surface area contributed by atoms with Crippen molar-refractivity contribution in [2.24, 2.45) is 0 Å². The highest BCUT2D eigenvalue weighted by Gasteiger charge is 2.24. The highest BCUT2D eigenvalue weighted by atomic mass is 16.4. The van der Waals surface area contributed by atoms with Crippen molar-refractivity contribution in [3.8, 4) is 11.3 Å². The van der Waals surface area contributed by atoms with E-state index in [0.29, 0.717) is 43.4 Å². The number of carboxylic acid groups (broad SMARTS) is 1. The topological polar surface area (TPSA) is 83.4 Å². The van der Waals surface area contributed by atoms with Crippen molar-refractivity contribution >= 4 is 22.9 Å². The smallest absolute Gasteiger partial charge is 0.303 e. The summed E-state index contributed by atoms with van der Waals surface area (Å²) in [5, 5.41) is 8.95. The predicted octanol–water partition coefficient (Wildman–Crippen LogP) is 5.25. The number of carboxylic acids is 1. The number of hydrogen-bond acceptors (Lipinski definition) is 4. The van der Waals surface area contributed by atoms with Gasteiger partial charge in [-0.25, -0.2) is 9.97 Å². The lowest BCUT2D eigenvalue weighted by Gasteiger charge is -2.16. The van der Waals surface area contributed by atoms with Crippen LogP contribution in [0.1, 0.15) is 46.4 Å². The first kappa shape index (κ1) is 21.8. The third-order valence-corrected chi connectivity index (χ3v) is 6.21. The Balaban J connectivity index is 1.45. The molecule has 2 heterocycles. The van der Waals surface area contributed by atoms with E-state index in [1.165, 1.54) is 11.1 Å². The zero-order valence-electron chi connectivity index (χ0n) is 18.8. The summed E-state index contributed by atoms with van der Waals surface area (Å²) in [4.78, 5) is 35.8. The molecule has 1 aliphatic heterocycles. The first-order valence-electron chi connectivity index (χ1n) is 11.5. The van der Waals surface area contributed by atoms with Crippen LogP contribution in [0.3, 0.4) is 0 Å². The molecule has 1 N–H and O–H groups in total. The molecule has 0 spiro atoms. The number of aliphatic carboxylic acids is 1. The molecule has 1 aliphatic rings. The van der Waals surface area contributed by atoms with Gasteiger partial charge in [-0.1, -0.05) is 54.6 Å². The number of unbranched alkanes of at least 4 members (excludes halogenated alkanes) is 1. The van der Waals surface area contributed by atoms with Crippen molar-refractivity contribution in [2.45, 2.75) is 38.8 Å². The molecule has 4 aromatic rings. The first-order valence-corrected chi connectivity index (χ1v) is 11.5.